The molecule has 2 heterocycles. The number of benzene rings is 4. The van der Waals surface area contributed by atoms with Crippen molar-refractivity contribution in [2.24, 2.45) is 0 Å². The third-order valence-electron chi connectivity index (χ3n) is 11.7. The average molecular weight is 819 g/mol. The van der Waals surface area contributed by atoms with Crippen LogP contribution in [0.1, 0.15) is 116 Å². The van der Waals surface area contributed by atoms with Crippen LogP contribution in [0.5, 0.6) is 11.5 Å². The summed E-state index contributed by atoms with van der Waals surface area (Å²) in [6.45, 7) is 10.6. The summed E-state index contributed by atoms with van der Waals surface area (Å²) in [7, 11) is 0. The van der Waals surface area contributed by atoms with Crippen molar-refractivity contribution >= 4 is 22.7 Å². The van der Waals surface area contributed by atoms with Crippen LogP contribution in [0.3, 0.4) is 0 Å². The number of hydrogen-bond acceptors (Lipinski definition) is 4. The van der Waals surface area contributed by atoms with Gasteiger partial charge in [0.1, 0.15) is 11.5 Å². The third-order valence-corrected chi connectivity index (χ3v) is 14.0. The summed E-state index contributed by atoms with van der Waals surface area (Å²) in [5.74, 6) is 1.87. The zero-order valence-electron chi connectivity index (χ0n) is 35.7. The van der Waals surface area contributed by atoms with Crippen LogP contribution in [0.4, 0.5) is 0 Å². The van der Waals surface area contributed by atoms with Crippen LogP contribution in [0.25, 0.3) is 52.9 Å². The molecule has 0 atom stereocenters. The molecule has 306 valence electrons. The Kier molecular flexibility index (Phi) is 15.2. The summed E-state index contributed by atoms with van der Waals surface area (Å²) in [5.41, 5.74) is 10.9. The van der Waals surface area contributed by atoms with Gasteiger partial charge in [-0.05, 0) is 168 Å². The van der Waals surface area contributed by atoms with Gasteiger partial charge < -0.3 is 9.47 Å². The van der Waals surface area contributed by atoms with Crippen LogP contribution >= 0.6 is 22.7 Å². The van der Waals surface area contributed by atoms with Gasteiger partial charge in [-0.1, -0.05) is 115 Å². The summed E-state index contributed by atoms with van der Waals surface area (Å²) in [6, 6.07) is 41.0. The quantitative estimate of drug-likeness (QED) is 0.0502. The van der Waals surface area contributed by atoms with Crippen LogP contribution in [0, 0.1) is 0 Å². The Morgan fingerprint density at radius 1 is 0.424 bits per heavy atom. The average Bonchev–Trinajstić information content (AvgIpc) is 4.02. The Labute approximate surface area is 362 Å². The predicted molar refractivity (Wildman–Crippen MR) is 258 cm³/mol. The summed E-state index contributed by atoms with van der Waals surface area (Å²) >= 11 is 3.76. The van der Waals surface area contributed by atoms with Crippen molar-refractivity contribution in [2.45, 2.75) is 110 Å². The summed E-state index contributed by atoms with van der Waals surface area (Å²) < 4.78 is 12.1. The second-order valence-electron chi connectivity index (χ2n) is 16.0. The van der Waals surface area contributed by atoms with E-state index in [1.54, 1.807) is 0 Å². The van der Waals surface area contributed by atoms with Crippen LogP contribution in [-0.2, 0) is 5.41 Å². The van der Waals surface area contributed by atoms with Crippen molar-refractivity contribution in [1.82, 2.24) is 0 Å². The largest absolute Gasteiger partial charge is 0.493 e. The van der Waals surface area contributed by atoms with Gasteiger partial charge in [0.2, 0.25) is 0 Å². The minimum absolute atomic E-state index is 0.00260. The molecule has 0 saturated carbocycles. The molecule has 7 rings (SSSR count). The molecule has 1 aliphatic rings. The molecule has 4 heteroatoms. The predicted octanol–water partition coefficient (Wildman–Crippen LogP) is 17.4. The van der Waals surface area contributed by atoms with E-state index in [2.05, 4.69) is 161 Å². The summed E-state index contributed by atoms with van der Waals surface area (Å²) in [6.07, 6.45) is 22.8. The minimum atomic E-state index is 0.00260. The monoisotopic (exact) mass is 818 g/mol. The normalized spacial score (nSPS) is 13.0. The zero-order valence-corrected chi connectivity index (χ0v) is 37.4. The maximum Gasteiger partial charge on any atom is 0.119 e. The van der Waals surface area contributed by atoms with Crippen molar-refractivity contribution in [1.29, 1.82) is 0 Å². The first kappa shape index (κ1) is 42.5. The number of ether oxygens (including phenoxy) is 2. The molecule has 6 aromatic rings. The molecule has 0 aliphatic heterocycles. The summed E-state index contributed by atoms with van der Waals surface area (Å²) in [5, 5.41) is 0. The molecular weight excluding hydrogens is 757 g/mol. The van der Waals surface area contributed by atoms with E-state index in [1.165, 1.54) is 89.7 Å². The lowest BCUT2D eigenvalue weighted by Gasteiger charge is -2.32. The second-order valence-corrected chi connectivity index (χ2v) is 18.1. The molecule has 0 saturated heterocycles. The van der Waals surface area contributed by atoms with Crippen molar-refractivity contribution < 1.29 is 9.47 Å². The molecular formula is C55H62O2S2. The lowest BCUT2D eigenvalue weighted by atomic mass is 9.71. The second kappa shape index (κ2) is 21.1. The van der Waals surface area contributed by atoms with Gasteiger partial charge in [0.15, 0.2) is 0 Å². The molecule has 0 N–H and O–H groups in total. The Hall–Kier alpha value is -4.64. The molecule has 2 aromatic heterocycles. The zero-order chi connectivity index (χ0) is 40.9. The molecule has 0 radical (unpaired) electrons. The maximum absolute atomic E-state index is 6.03. The van der Waals surface area contributed by atoms with E-state index in [9.17, 15) is 0 Å². The van der Waals surface area contributed by atoms with Gasteiger partial charge in [0.05, 0.1) is 13.2 Å². The molecule has 4 aromatic carbocycles. The first-order valence-corrected chi connectivity index (χ1v) is 24.0. The van der Waals surface area contributed by atoms with Crippen LogP contribution in [0.15, 0.2) is 133 Å². The topological polar surface area (TPSA) is 18.5 Å². The molecule has 59 heavy (non-hydrogen) atoms. The highest BCUT2D eigenvalue weighted by Crippen LogP contribution is 2.56. The Bertz CT molecular complexity index is 2120. The molecule has 0 unspecified atom stereocenters. The smallest absolute Gasteiger partial charge is 0.119 e. The van der Waals surface area contributed by atoms with Gasteiger partial charge in [0.25, 0.3) is 0 Å². The first-order valence-electron chi connectivity index (χ1n) is 22.3. The Morgan fingerprint density at radius 2 is 0.797 bits per heavy atom. The number of hydrogen-bond donors (Lipinski definition) is 0. The van der Waals surface area contributed by atoms with Gasteiger partial charge in [-0.15, -0.1) is 22.7 Å². The van der Waals surface area contributed by atoms with Crippen LogP contribution in [-0.4, -0.2) is 13.2 Å². The van der Waals surface area contributed by atoms with E-state index in [4.69, 9.17) is 9.47 Å². The number of rotatable bonds is 22. The van der Waals surface area contributed by atoms with Crippen molar-refractivity contribution in [2.75, 3.05) is 13.2 Å². The van der Waals surface area contributed by atoms with E-state index in [0.717, 1.165) is 62.9 Å². The van der Waals surface area contributed by atoms with Crippen molar-refractivity contribution in [3.05, 3.63) is 145 Å². The first-order chi connectivity index (χ1) is 29.1. The Balaban J connectivity index is 1.06. The fraction of sp³-hybridized carbons (Fsp3) is 0.345. The molecule has 1 aliphatic carbocycles. The molecule has 0 amide bonds. The lowest BCUT2D eigenvalue weighted by molar-refractivity contribution is 0.324. The van der Waals surface area contributed by atoms with E-state index >= 15 is 0 Å². The highest BCUT2D eigenvalue weighted by molar-refractivity contribution is 7.19. The fourth-order valence-corrected chi connectivity index (χ4v) is 10.7. The van der Waals surface area contributed by atoms with E-state index < -0.39 is 0 Å². The number of fused-ring (bicyclic) bond motifs is 3. The molecule has 0 fully saturated rings. The van der Waals surface area contributed by atoms with Gasteiger partial charge in [-0.2, -0.15) is 0 Å². The highest BCUT2D eigenvalue weighted by Gasteiger charge is 2.42. The standard InChI is InChI=1S/C55H62O2S2/c1-5-9-11-13-15-17-37-56-45-25-19-41(20-26-45)51-31-33-53(58-51)43-23-29-47-48-30-24-44(40-50(48)55(35-7-3,36-8-4)49(47)39-43)54-34-32-52(59-54)42-21-27-46(28-22-42)57-38-18-16-14-12-10-6-2/h13-16,19-34,39-40H,5-12,17-18,35-38H2,1-4H3/b15-13+,16-14+. The van der Waals surface area contributed by atoms with Crippen molar-refractivity contribution in [3.8, 4) is 64.4 Å². The number of thiophene rings is 2. The van der Waals surface area contributed by atoms with Gasteiger partial charge in [0, 0.05) is 24.9 Å². The fourth-order valence-electron chi connectivity index (χ4n) is 8.65. The summed E-state index contributed by atoms with van der Waals surface area (Å²) in [4.78, 5) is 5.20. The molecule has 0 bridgehead atoms. The van der Waals surface area contributed by atoms with Crippen molar-refractivity contribution in [3.63, 3.8) is 0 Å². The Morgan fingerprint density at radius 3 is 1.19 bits per heavy atom. The third kappa shape index (κ3) is 10.2. The lowest BCUT2D eigenvalue weighted by Crippen LogP contribution is -2.25. The van der Waals surface area contributed by atoms with Gasteiger partial charge >= 0.3 is 0 Å². The maximum atomic E-state index is 6.03. The van der Waals surface area contributed by atoms with Gasteiger partial charge in [-0.25, -0.2) is 0 Å². The molecule has 0 spiro atoms. The SMILES string of the molecule is CCCC/C=C/CCOc1ccc(-c2ccc(-c3ccc4c(c3)C(CCC)(CCC)c3cc(-c5ccc(-c6ccc(OCC/C=C/CCCC)cc6)s5)ccc3-4)s2)cc1. The number of allylic oxidation sites excluding steroid dienone is 2. The number of unbranched alkanes of at least 4 members (excludes halogenated alkanes) is 4. The molecule has 2 nitrogen and oxygen atoms in total. The van der Waals surface area contributed by atoms with E-state index in [-0.39, 0.29) is 5.41 Å². The van der Waals surface area contributed by atoms with E-state index in [1.807, 2.05) is 22.7 Å². The van der Waals surface area contributed by atoms with E-state index in [0.29, 0.717) is 13.2 Å². The minimum Gasteiger partial charge on any atom is -0.493 e. The highest BCUT2D eigenvalue weighted by atomic mass is 32.1. The van der Waals surface area contributed by atoms with Gasteiger partial charge in [-0.3, -0.25) is 0 Å². The van der Waals surface area contributed by atoms with Crippen LogP contribution < -0.4 is 9.47 Å². The van der Waals surface area contributed by atoms with Crippen LogP contribution in [0.2, 0.25) is 0 Å².